The Balaban J connectivity index is 1.60. The summed E-state index contributed by atoms with van der Waals surface area (Å²) in [6, 6.07) is 9.57. The summed E-state index contributed by atoms with van der Waals surface area (Å²) in [4.78, 5) is 0. The van der Waals surface area contributed by atoms with Gasteiger partial charge in [-0.25, -0.2) is 0 Å². The minimum absolute atomic E-state index is 0.846. The number of rotatable bonds is 5. The van der Waals surface area contributed by atoms with Crippen molar-refractivity contribution < 1.29 is 0 Å². The first-order chi connectivity index (χ1) is 7.93. The van der Waals surface area contributed by atoms with Crippen LogP contribution in [0.4, 0.5) is 0 Å². The molecule has 0 radical (unpaired) electrons. The number of thiophene rings is 1. The SMILES string of the molecule is c1ccc2c(CCCNC3CC3)csc2c1. The fraction of sp³-hybridized carbons (Fsp3) is 0.429. The summed E-state index contributed by atoms with van der Waals surface area (Å²) in [7, 11) is 0. The molecule has 1 nitrogen and oxygen atoms in total. The molecule has 1 fully saturated rings. The van der Waals surface area contributed by atoms with Crippen molar-refractivity contribution in [1.82, 2.24) is 5.32 Å². The summed E-state index contributed by atoms with van der Waals surface area (Å²) in [5, 5.41) is 7.35. The minimum Gasteiger partial charge on any atom is -0.314 e. The molecule has 1 N–H and O–H groups in total. The highest BCUT2D eigenvalue weighted by Crippen LogP contribution is 2.26. The highest BCUT2D eigenvalue weighted by atomic mass is 32.1. The molecule has 0 saturated heterocycles. The molecular formula is C14H17NS. The summed E-state index contributed by atoms with van der Waals surface area (Å²) < 4.78 is 1.42. The molecule has 1 aromatic carbocycles. The maximum Gasteiger partial charge on any atom is 0.0345 e. The van der Waals surface area contributed by atoms with Gasteiger partial charge in [0.05, 0.1) is 0 Å². The number of nitrogens with one attached hydrogen (secondary N) is 1. The molecule has 1 aliphatic carbocycles. The van der Waals surface area contributed by atoms with Crippen molar-refractivity contribution in [1.29, 1.82) is 0 Å². The van der Waals surface area contributed by atoms with Crippen molar-refractivity contribution in [3.05, 3.63) is 35.2 Å². The molecule has 1 saturated carbocycles. The second-order valence-corrected chi connectivity index (χ2v) is 5.50. The van der Waals surface area contributed by atoms with Gasteiger partial charge in [0.1, 0.15) is 0 Å². The van der Waals surface area contributed by atoms with Crippen LogP contribution in [0.15, 0.2) is 29.6 Å². The third-order valence-electron chi connectivity index (χ3n) is 3.19. The van der Waals surface area contributed by atoms with E-state index in [9.17, 15) is 0 Å². The van der Waals surface area contributed by atoms with E-state index < -0.39 is 0 Å². The van der Waals surface area contributed by atoms with Gasteiger partial charge in [-0.1, -0.05) is 18.2 Å². The number of hydrogen-bond donors (Lipinski definition) is 1. The van der Waals surface area contributed by atoms with Crippen LogP contribution in [-0.2, 0) is 6.42 Å². The van der Waals surface area contributed by atoms with E-state index in [-0.39, 0.29) is 0 Å². The lowest BCUT2D eigenvalue weighted by Gasteiger charge is -2.02. The standard InChI is InChI=1S/C14H17NS/c1-2-6-14-13(5-1)11(10-16-14)4-3-9-15-12-7-8-12/h1-2,5-6,10,12,15H,3-4,7-9H2. The quantitative estimate of drug-likeness (QED) is 0.775. The maximum atomic E-state index is 3.57. The zero-order valence-electron chi connectivity index (χ0n) is 9.41. The van der Waals surface area contributed by atoms with Crippen LogP contribution in [0.2, 0.25) is 0 Å². The van der Waals surface area contributed by atoms with E-state index in [1.165, 1.54) is 47.9 Å². The Morgan fingerprint density at radius 2 is 2.12 bits per heavy atom. The van der Waals surface area contributed by atoms with Crippen LogP contribution in [0.5, 0.6) is 0 Å². The first-order valence-corrected chi connectivity index (χ1v) is 7.00. The molecule has 0 atom stereocenters. The molecular weight excluding hydrogens is 214 g/mol. The molecule has 2 heteroatoms. The van der Waals surface area contributed by atoms with Gasteiger partial charge in [0.25, 0.3) is 0 Å². The van der Waals surface area contributed by atoms with Crippen molar-refractivity contribution in [3.8, 4) is 0 Å². The van der Waals surface area contributed by atoms with E-state index in [1.807, 2.05) is 11.3 Å². The monoisotopic (exact) mass is 231 g/mol. The second-order valence-electron chi connectivity index (χ2n) is 4.59. The Morgan fingerprint density at radius 3 is 3.00 bits per heavy atom. The van der Waals surface area contributed by atoms with Gasteiger partial charge in [-0.15, -0.1) is 11.3 Å². The predicted octanol–water partition coefficient (Wildman–Crippen LogP) is 3.59. The molecule has 1 aromatic heterocycles. The van der Waals surface area contributed by atoms with Crippen LogP contribution in [0.25, 0.3) is 10.1 Å². The molecule has 1 heterocycles. The molecule has 0 aliphatic heterocycles. The predicted molar refractivity (Wildman–Crippen MR) is 71.2 cm³/mol. The molecule has 2 aromatic rings. The molecule has 0 amide bonds. The van der Waals surface area contributed by atoms with Gasteiger partial charge in [0, 0.05) is 10.7 Å². The average Bonchev–Trinajstić information content (AvgIpc) is 3.05. The van der Waals surface area contributed by atoms with Crippen molar-refractivity contribution in [2.45, 2.75) is 31.7 Å². The lowest BCUT2D eigenvalue weighted by molar-refractivity contribution is 0.647. The van der Waals surface area contributed by atoms with Crippen LogP contribution in [0.1, 0.15) is 24.8 Å². The van der Waals surface area contributed by atoms with Crippen LogP contribution in [-0.4, -0.2) is 12.6 Å². The topological polar surface area (TPSA) is 12.0 Å². The Labute approximate surface area is 100 Å². The van der Waals surface area contributed by atoms with Crippen molar-refractivity contribution in [3.63, 3.8) is 0 Å². The Hall–Kier alpha value is -0.860. The van der Waals surface area contributed by atoms with Gasteiger partial charge in [-0.05, 0) is 54.6 Å². The minimum atomic E-state index is 0.846. The van der Waals surface area contributed by atoms with Gasteiger partial charge in [-0.2, -0.15) is 0 Å². The lowest BCUT2D eigenvalue weighted by Crippen LogP contribution is -2.17. The number of fused-ring (bicyclic) bond motifs is 1. The molecule has 0 spiro atoms. The molecule has 0 bridgehead atoms. The Morgan fingerprint density at radius 1 is 1.25 bits per heavy atom. The van der Waals surface area contributed by atoms with Crippen molar-refractivity contribution in [2.24, 2.45) is 0 Å². The van der Waals surface area contributed by atoms with Crippen LogP contribution >= 0.6 is 11.3 Å². The van der Waals surface area contributed by atoms with E-state index >= 15 is 0 Å². The lowest BCUT2D eigenvalue weighted by atomic mass is 10.1. The highest BCUT2D eigenvalue weighted by molar-refractivity contribution is 7.17. The van der Waals surface area contributed by atoms with Crippen molar-refractivity contribution >= 4 is 21.4 Å². The van der Waals surface area contributed by atoms with E-state index in [2.05, 4.69) is 35.0 Å². The first kappa shape index (κ1) is 10.3. The number of aryl methyl sites for hydroxylation is 1. The van der Waals surface area contributed by atoms with E-state index in [1.54, 1.807) is 0 Å². The smallest absolute Gasteiger partial charge is 0.0345 e. The second kappa shape index (κ2) is 4.56. The van der Waals surface area contributed by atoms with Gasteiger partial charge in [-0.3, -0.25) is 0 Å². The van der Waals surface area contributed by atoms with Crippen molar-refractivity contribution in [2.75, 3.05) is 6.54 Å². The van der Waals surface area contributed by atoms with Crippen LogP contribution in [0, 0.1) is 0 Å². The summed E-state index contributed by atoms with van der Waals surface area (Å²) in [6.07, 6.45) is 5.25. The van der Waals surface area contributed by atoms with Gasteiger partial charge < -0.3 is 5.32 Å². The molecule has 1 aliphatic rings. The third-order valence-corrected chi connectivity index (χ3v) is 4.21. The Bertz CT molecular complexity index is 470. The summed E-state index contributed by atoms with van der Waals surface area (Å²) in [5.74, 6) is 0. The van der Waals surface area contributed by atoms with Crippen LogP contribution < -0.4 is 5.32 Å². The van der Waals surface area contributed by atoms with Crippen LogP contribution in [0.3, 0.4) is 0 Å². The van der Waals surface area contributed by atoms with E-state index in [0.29, 0.717) is 0 Å². The highest BCUT2D eigenvalue weighted by Gasteiger charge is 2.19. The Kier molecular flexibility index (Phi) is 2.94. The fourth-order valence-corrected chi connectivity index (χ4v) is 3.10. The number of benzene rings is 1. The molecule has 84 valence electrons. The molecule has 16 heavy (non-hydrogen) atoms. The first-order valence-electron chi connectivity index (χ1n) is 6.12. The molecule has 3 rings (SSSR count). The summed E-state index contributed by atoms with van der Waals surface area (Å²) in [5.41, 5.74) is 1.53. The van der Waals surface area contributed by atoms with E-state index in [4.69, 9.17) is 0 Å². The summed E-state index contributed by atoms with van der Waals surface area (Å²) in [6.45, 7) is 1.18. The normalized spacial score (nSPS) is 15.8. The van der Waals surface area contributed by atoms with E-state index in [0.717, 1.165) is 6.04 Å². The van der Waals surface area contributed by atoms with Gasteiger partial charge >= 0.3 is 0 Å². The number of hydrogen-bond acceptors (Lipinski definition) is 2. The molecule has 0 unspecified atom stereocenters. The zero-order valence-corrected chi connectivity index (χ0v) is 10.2. The van der Waals surface area contributed by atoms with Gasteiger partial charge in [0.15, 0.2) is 0 Å². The zero-order chi connectivity index (χ0) is 10.8. The van der Waals surface area contributed by atoms with Gasteiger partial charge in [0.2, 0.25) is 0 Å². The summed E-state index contributed by atoms with van der Waals surface area (Å²) >= 11 is 1.87. The maximum absolute atomic E-state index is 3.57. The largest absolute Gasteiger partial charge is 0.314 e. The third kappa shape index (κ3) is 2.28. The average molecular weight is 231 g/mol. The fourth-order valence-electron chi connectivity index (χ4n) is 2.10.